The zero-order chi connectivity index (χ0) is 24.1. The predicted octanol–water partition coefficient (Wildman–Crippen LogP) is 2.81. The van der Waals surface area contributed by atoms with Gasteiger partial charge in [0.2, 0.25) is 5.67 Å². The summed E-state index contributed by atoms with van der Waals surface area (Å²) < 4.78 is 57.9. The van der Waals surface area contributed by atoms with Gasteiger partial charge in [-0.15, -0.1) is 0 Å². The minimum atomic E-state index is -4.26. The fraction of sp³-hybridized carbons (Fsp3) is 0.480. The number of piperidine rings is 1. The van der Waals surface area contributed by atoms with Gasteiger partial charge in [-0.1, -0.05) is 48.0 Å². The maximum Gasteiger partial charge on any atom is 0.347 e. The largest absolute Gasteiger partial charge is 0.460 e. The molecule has 0 aliphatic carbocycles. The van der Waals surface area contributed by atoms with Crippen molar-refractivity contribution in [2.24, 2.45) is 0 Å². The Kier molecular flexibility index (Phi) is 6.00. The minimum absolute atomic E-state index is 0.0975. The van der Waals surface area contributed by atoms with Crippen molar-refractivity contribution in [3.63, 3.8) is 0 Å². The van der Waals surface area contributed by atoms with Crippen LogP contribution in [-0.4, -0.2) is 69.0 Å². The summed E-state index contributed by atoms with van der Waals surface area (Å²) in [6, 6.07) is 14.9. The first-order valence-electron chi connectivity index (χ1n) is 11.4. The smallest absolute Gasteiger partial charge is 0.347 e. The van der Waals surface area contributed by atoms with Crippen molar-refractivity contribution in [3.05, 3.63) is 65.7 Å². The summed E-state index contributed by atoms with van der Waals surface area (Å²) in [6.07, 6.45) is 0.620. The van der Waals surface area contributed by atoms with E-state index in [1.165, 1.54) is 12.1 Å². The number of nitrogens with zero attached hydrogens (tertiary/aromatic N) is 1. The van der Waals surface area contributed by atoms with Crippen LogP contribution in [0.1, 0.15) is 24.0 Å². The molecule has 0 spiro atoms. The van der Waals surface area contributed by atoms with Crippen molar-refractivity contribution in [1.82, 2.24) is 4.90 Å². The Bertz CT molecular complexity index is 1140. The molecule has 3 aliphatic heterocycles. The molecule has 3 fully saturated rings. The number of epoxide rings is 1. The Morgan fingerprint density at radius 1 is 1.09 bits per heavy atom. The molecular formula is C25H28FNO6S. The van der Waals surface area contributed by atoms with Gasteiger partial charge in [-0.3, -0.25) is 9.08 Å². The molecule has 5 rings (SSSR count). The third-order valence-electron chi connectivity index (χ3n) is 7.09. The van der Waals surface area contributed by atoms with E-state index in [9.17, 15) is 13.2 Å². The first kappa shape index (κ1) is 23.4. The lowest BCUT2D eigenvalue weighted by molar-refractivity contribution is -0.170. The van der Waals surface area contributed by atoms with Crippen LogP contribution in [0.15, 0.2) is 59.5 Å². The highest BCUT2D eigenvalue weighted by atomic mass is 32.2. The van der Waals surface area contributed by atoms with E-state index < -0.39 is 34.5 Å². The van der Waals surface area contributed by atoms with Crippen LogP contribution < -0.4 is 0 Å². The van der Waals surface area contributed by atoms with Crippen molar-refractivity contribution in [2.45, 2.75) is 67.1 Å². The van der Waals surface area contributed by atoms with Gasteiger partial charge < -0.3 is 9.47 Å². The topological polar surface area (TPSA) is 85.4 Å². The van der Waals surface area contributed by atoms with E-state index in [1.54, 1.807) is 42.5 Å². The van der Waals surface area contributed by atoms with Gasteiger partial charge in [-0.05, 0) is 31.7 Å². The summed E-state index contributed by atoms with van der Waals surface area (Å²) in [7, 11) is -2.23. The van der Waals surface area contributed by atoms with Gasteiger partial charge in [0.1, 0.15) is 24.9 Å². The van der Waals surface area contributed by atoms with Crippen LogP contribution in [0.4, 0.5) is 4.39 Å². The molecule has 2 bridgehead atoms. The number of rotatable bonds is 8. The number of esters is 1. The fourth-order valence-corrected chi connectivity index (χ4v) is 6.05. The molecular weight excluding hydrogens is 461 g/mol. The van der Waals surface area contributed by atoms with Crippen molar-refractivity contribution < 1.29 is 31.3 Å². The van der Waals surface area contributed by atoms with Gasteiger partial charge in [-0.2, -0.15) is 8.42 Å². The summed E-state index contributed by atoms with van der Waals surface area (Å²) in [5, 5.41) is 0. The average Bonchev–Trinajstić information content (AvgIpc) is 3.57. The molecule has 34 heavy (non-hydrogen) atoms. The number of fused-ring (bicyclic) bond motifs is 5. The van der Waals surface area contributed by atoms with E-state index in [4.69, 9.17) is 13.7 Å². The second-order valence-corrected chi connectivity index (χ2v) is 11.1. The molecule has 2 aromatic rings. The molecule has 3 aliphatic rings. The normalized spacial score (nSPS) is 29.8. The molecule has 3 heterocycles. The summed E-state index contributed by atoms with van der Waals surface area (Å²) >= 11 is 0. The summed E-state index contributed by atoms with van der Waals surface area (Å²) in [6.45, 7) is 0.856. The lowest BCUT2D eigenvalue weighted by atomic mass is 9.96. The SMILES string of the molecule is Cc1ccc(S(=O)(=O)OCC(F)(Cc2ccccc2)C(=O)OC2C[C@@H]3[C@H]4O[C@H]4[C@H](C2)N3C)cc1. The van der Waals surface area contributed by atoms with Crippen LogP contribution in [0.3, 0.4) is 0 Å². The van der Waals surface area contributed by atoms with Gasteiger partial charge >= 0.3 is 5.97 Å². The summed E-state index contributed by atoms with van der Waals surface area (Å²) in [5.41, 5.74) is -1.25. The van der Waals surface area contributed by atoms with Crippen LogP contribution in [-0.2, 0) is 35.0 Å². The van der Waals surface area contributed by atoms with Crippen LogP contribution in [0, 0.1) is 6.92 Å². The average molecular weight is 490 g/mol. The van der Waals surface area contributed by atoms with E-state index in [2.05, 4.69) is 4.90 Å². The zero-order valence-electron chi connectivity index (χ0n) is 19.1. The lowest BCUT2D eigenvalue weighted by Gasteiger charge is -2.38. The first-order chi connectivity index (χ1) is 16.2. The summed E-state index contributed by atoms with van der Waals surface area (Å²) in [5.74, 6) is -1.10. The fourth-order valence-electron chi connectivity index (χ4n) is 5.10. The maximum absolute atomic E-state index is 16.2. The number of hydrogen-bond donors (Lipinski definition) is 0. The number of carbonyl (C=O) groups excluding carboxylic acids is 1. The number of alkyl halides is 1. The van der Waals surface area contributed by atoms with Crippen LogP contribution in [0.2, 0.25) is 0 Å². The van der Waals surface area contributed by atoms with Crippen molar-refractivity contribution in [3.8, 4) is 0 Å². The van der Waals surface area contributed by atoms with Gasteiger partial charge in [0.25, 0.3) is 10.1 Å². The highest BCUT2D eigenvalue weighted by Crippen LogP contribution is 2.48. The maximum atomic E-state index is 16.2. The third kappa shape index (κ3) is 4.49. The molecule has 0 amide bonds. The number of ether oxygens (including phenoxy) is 2. The van der Waals surface area contributed by atoms with E-state index in [0.717, 1.165) is 5.56 Å². The highest BCUT2D eigenvalue weighted by Gasteiger charge is 2.63. The lowest BCUT2D eigenvalue weighted by Crippen LogP contribution is -2.50. The highest BCUT2D eigenvalue weighted by molar-refractivity contribution is 7.86. The summed E-state index contributed by atoms with van der Waals surface area (Å²) in [4.78, 5) is 15.3. The first-order valence-corrected chi connectivity index (χ1v) is 12.8. The molecule has 182 valence electrons. The molecule has 6 atom stereocenters. The quantitative estimate of drug-likeness (QED) is 0.320. The Hall–Kier alpha value is -2.33. The van der Waals surface area contributed by atoms with Gasteiger partial charge in [0.05, 0.1) is 4.90 Å². The number of likely N-dealkylation sites (N-methyl/N-ethyl adjacent to an activating group) is 1. The van der Waals surface area contributed by atoms with Crippen LogP contribution in [0.25, 0.3) is 0 Å². The van der Waals surface area contributed by atoms with E-state index in [0.29, 0.717) is 18.4 Å². The second-order valence-electron chi connectivity index (χ2n) is 9.52. The molecule has 0 N–H and O–H groups in total. The molecule has 2 aromatic carbocycles. The molecule has 0 saturated carbocycles. The van der Waals surface area contributed by atoms with Crippen LogP contribution >= 0.6 is 0 Å². The molecule has 9 heteroatoms. The van der Waals surface area contributed by atoms with Crippen molar-refractivity contribution >= 4 is 16.1 Å². The number of hydrogen-bond acceptors (Lipinski definition) is 7. The molecule has 0 aromatic heterocycles. The monoisotopic (exact) mass is 489 g/mol. The molecule has 7 nitrogen and oxygen atoms in total. The zero-order valence-corrected chi connectivity index (χ0v) is 19.9. The Labute approximate surface area is 198 Å². The Morgan fingerprint density at radius 2 is 1.71 bits per heavy atom. The van der Waals surface area contributed by atoms with Gasteiger partial charge in [0.15, 0.2) is 0 Å². The van der Waals surface area contributed by atoms with Crippen molar-refractivity contribution in [2.75, 3.05) is 13.7 Å². The van der Waals surface area contributed by atoms with Crippen LogP contribution in [0.5, 0.6) is 0 Å². The van der Waals surface area contributed by atoms with E-state index >= 15 is 4.39 Å². The molecule has 0 radical (unpaired) electrons. The third-order valence-corrected chi connectivity index (χ3v) is 8.37. The van der Waals surface area contributed by atoms with E-state index in [-0.39, 0.29) is 35.6 Å². The van der Waals surface area contributed by atoms with E-state index in [1.807, 2.05) is 14.0 Å². The number of morpholine rings is 1. The number of carbonyl (C=O) groups is 1. The standard InChI is InChI=1S/C25H28FNO6S/c1-16-8-10-19(11-9-16)34(29,30)31-15-25(26,14-17-6-4-3-5-7-17)24(28)32-18-12-20-22-23(33-22)21(13-18)27(20)2/h3-11,18,20-23H,12-15H2,1-2H3/t18?,20-,21+,22-,23+,25?. The number of benzene rings is 2. The Morgan fingerprint density at radius 3 is 2.32 bits per heavy atom. The number of aryl methyl sites for hydroxylation is 1. The second kappa shape index (κ2) is 8.71. The van der Waals surface area contributed by atoms with Gasteiger partial charge in [-0.25, -0.2) is 9.18 Å². The minimum Gasteiger partial charge on any atom is -0.460 e. The Balaban J connectivity index is 1.32. The number of halogens is 1. The van der Waals surface area contributed by atoms with Gasteiger partial charge in [0, 0.05) is 31.3 Å². The van der Waals surface area contributed by atoms with Crippen molar-refractivity contribution in [1.29, 1.82) is 0 Å². The predicted molar refractivity (Wildman–Crippen MR) is 121 cm³/mol. The molecule has 3 saturated heterocycles. The molecule has 2 unspecified atom stereocenters.